The number of amidine groups is 1. The van der Waals surface area contributed by atoms with E-state index in [0.717, 1.165) is 32.4 Å². The summed E-state index contributed by atoms with van der Waals surface area (Å²) in [4.78, 5) is 29.7. The number of benzene rings is 2. The van der Waals surface area contributed by atoms with Crippen molar-refractivity contribution < 1.29 is 18.0 Å². The third-order valence-corrected chi connectivity index (χ3v) is 7.80. The summed E-state index contributed by atoms with van der Waals surface area (Å²) in [5.41, 5.74) is 1.75. The Morgan fingerprint density at radius 1 is 0.970 bits per heavy atom. The second-order valence-electron chi connectivity index (χ2n) is 8.74. The molecule has 0 aliphatic carbocycles. The lowest BCUT2D eigenvalue weighted by Gasteiger charge is -2.33. The van der Waals surface area contributed by atoms with E-state index in [-0.39, 0.29) is 22.6 Å². The summed E-state index contributed by atoms with van der Waals surface area (Å²) in [6.07, 6.45) is 3.51. The average molecular weight is 467 g/mol. The summed E-state index contributed by atoms with van der Waals surface area (Å²) in [7, 11) is -3.70. The number of carbonyl (C=O) groups excluding carboxylic acids is 2. The second kappa shape index (κ2) is 8.62. The minimum atomic E-state index is -3.70. The summed E-state index contributed by atoms with van der Waals surface area (Å²) in [6, 6.07) is 13.8. The number of piperidine rings is 1. The van der Waals surface area contributed by atoms with Crippen LogP contribution in [0.25, 0.3) is 0 Å². The van der Waals surface area contributed by atoms with Gasteiger partial charge < -0.3 is 15.1 Å². The minimum Gasteiger partial charge on any atom is -0.355 e. The number of likely N-dealkylation sites (tertiary alicyclic amines) is 2. The molecule has 5 rings (SSSR count). The third kappa shape index (κ3) is 4.25. The molecule has 2 saturated heterocycles. The molecular formula is C24H26N4O4S. The summed E-state index contributed by atoms with van der Waals surface area (Å²) in [6.45, 7) is 2.58. The molecule has 9 heteroatoms. The molecule has 0 aromatic heterocycles. The fourth-order valence-electron chi connectivity index (χ4n) is 4.78. The molecule has 0 saturated carbocycles. The fraction of sp³-hybridized carbons (Fsp3) is 0.375. The van der Waals surface area contributed by atoms with Crippen LogP contribution in [0.2, 0.25) is 0 Å². The minimum absolute atomic E-state index is 0.00781. The standard InChI is InChI=1S/C24H26N4O4S/c29-23(25-19-9-5-7-17(15-19)24(30)27-12-3-4-13-27)18-8-6-14-28(16-18)22-20-10-1-2-11-21(20)33(31,32)26-22/h1-2,5,7,9-11,15,18H,3-4,6,8,12-14,16H2,(H,25,29). The van der Waals surface area contributed by atoms with E-state index < -0.39 is 10.0 Å². The molecule has 2 amide bonds. The Hall–Kier alpha value is -3.20. The lowest BCUT2D eigenvalue weighted by atomic mass is 9.96. The molecule has 2 fully saturated rings. The van der Waals surface area contributed by atoms with Gasteiger partial charge in [-0.25, -0.2) is 0 Å². The highest BCUT2D eigenvalue weighted by Gasteiger charge is 2.35. The number of hydrogen-bond acceptors (Lipinski definition) is 5. The predicted octanol–water partition coefficient (Wildman–Crippen LogP) is 2.72. The number of sulfonamides is 1. The van der Waals surface area contributed by atoms with Crippen molar-refractivity contribution in [2.24, 2.45) is 10.3 Å². The molecule has 3 aliphatic rings. The maximum atomic E-state index is 13.0. The van der Waals surface area contributed by atoms with Crippen LogP contribution in [0.15, 0.2) is 57.8 Å². The van der Waals surface area contributed by atoms with Crippen LogP contribution in [0.3, 0.4) is 0 Å². The Morgan fingerprint density at radius 3 is 2.58 bits per heavy atom. The summed E-state index contributed by atoms with van der Waals surface area (Å²) < 4.78 is 28.8. The van der Waals surface area contributed by atoms with Gasteiger partial charge in [0.05, 0.1) is 5.92 Å². The summed E-state index contributed by atoms with van der Waals surface area (Å²) in [5.74, 6) is -0.0389. The van der Waals surface area contributed by atoms with Gasteiger partial charge in [0.2, 0.25) is 5.91 Å². The van der Waals surface area contributed by atoms with Crippen LogP contribution in [-0.4, -0.2) is 62.0 Å². The zero-order valence-corrected chi connectivity index (χ0v) is 19.1. The van der Waals surface area contributed by atoms with Crippen molar-refractivity contribution in [2.75, 3.05) is 31.5 Å². The molecule has 3 heterocycles. The average Bonchev–Trinajstić information content (AvgIpc) is 3.46. The van der Waals surface area contributed by atoms with Gasteiger partial charge in [0.1, 0.15) is 4.90 Å². The number of nitrogens with one attached hydrogen (secondary N) is 1. The maximum Gasteiger partial charge on any atom is 0.285 e. The van der Waals surface area contributed by atoms with Gasteiger partial charge in [-0.2, -0.15) is 8.42 Å². The van der Waals surface area contributed by atoms with Crippen molar-refractivity contribution in [2.45, 2.75) is 30.6 Å². The molecule has 0 radical (unpaired) electrons. The third-order valence-electron chi connectivity index (χ3n) is 6.47. The van der Waals surface area contributed by atoms with Crippen molar-refractivity contribution in [3.8, 4) is 0 Å². The first-order valence-electron chi connectivity index (χ1n) is 11.3. The summed E-state index contributed by atoms with van der Waals surface area (Å²) in [5, 5.41) is 2.95. The van der Waals surface area contributed by atoms with Crippen LogP contribution in [0.4, 0.5) is 5.69 Å². The molecule has 172 valence electrons. The van der Waals surface area contributed by atoms with Gasteiger partial charge in [0.15, 0.2) is 5.84 Å². The highest BCUT2D eigenvalue weighted by atomic mass is 32.2. The van der Waals surface area contributed by atoms with E-state index in [1.54, 1.807) is 48.5 Å². The monoisotopic (exact) mass is 466 g/mol. The molecule has 1 unspecified atom stereocenters. The molecule has 33 heavy (non-hydrogen) atoms. The highest BCUT2D eigenvalue weighted by Crippen LogP contribution is 2.30. The number of hydrogen-bond donors (Lipinski definition) is 1. The van der Waals surface area contributed by atoms with Crippen molar-refractivity contribution in [1.29, 1.82) is 0 Å². The van der Waals surface area contributed by atoms with Gasteiger partial charge in [-0.05, 0) is 56.0 Å². The van der Waals surface area contributed by atoms with E-state index in [1.165, 1.54) is 0 Å². The van der Waals surface area contributed by atoms with E-state index in [2.05, 4.69) is 9.71 Å². The zero-order valence-electron chi connectivity index (χ0n) is 18.2. The molecule has 2 aromatic carbocycles. The van der Waals surface area contributed by atoms with E-state index in [1.807, 2.05) is 9.80 Å². The largest absolute Gasteiger partial charge is 0.355 e. The smallest absolute Gasteiger partial charge is 0.285 e. The number of fused-ring (bicyclic) bond motifs is 1. The van der Waals surface area contributed by atoms with Crippen LogP contribution < -0.4 is 5.32 Å². The molecule has 1 N–H and O–H groups in total. The van der Waals surface area contributed by atoms with Crippen LogP contribution in [-0.2, 0) is 14.8 Å². The molecule has 3 aliphatic heterocycles. The number of rotatable bonds is 3. The van der Waals surface area contributed by atoms with Crippen molar-refractivity contribution in [1.82, 2.24) is 9.80 Å². The van der Waals surface area contributed by atoms with E-state index >= 15 is 0 Å². The normalized spacial score (nSPS) is 21.5. The van der Waals surface area contributed by atoms with Crippen molar-refractivity contribution in [3.63, 3.8) is 0 Å². The fourth-order valence-corrected chi connectivity index (χ4v) is 6.00. The quantitative estimate of drug-likeness (QED) is 0.750. The highest BCUT2D eigenvalue weighted by molar-refractivity contribution is 7.90. The molecule has 1 atom stereocenters. The van der Waals surface area contributed by atoms with Gasteiger partial charge in [0.25, 0.3) is 15.9 Å². The molecule has 2 aromatic rings. The van der Waals surface area contributed by atoms with Crippen molar-refractivity contribution >= 4 is 33.4 Å². The first-order chi connectivity index (χ1) is 15.9. The first-order valence-corrected chi connectivity index (χ1v) is 12.8. The van der Waals surface area contributed by atoms with E-state index in [9.17, 15) is 18.0 Å². The molecule has 0 spiro atoms. The SMILES string of the molecule is O=C(Nc1cccc(C(=O)N2CCCC2)c1)C1CCCN(C2=NS(=O)(=O)c3ccccc32)C1. The predicted molar refractivity (Wildman–Crippen MR) is 125 cm³/mol. The van der Waals surface area contributed by atoms with Gasteiger partial charge in [-0.1, -0.05) is 18.2 Å². The Morgan fingerprint density at radius 2 is 1.76 bits per heavy atom. The Balaban J connectivity index is 1.29. The topological polar surface area (TPSA) is 99.2 Å². The summed E-state index contributed by atoms with van der Waals surface area (Å²) >= 11 is 0. The van der Waals surface area contributed by atoms with Crippen LogP contribution in [0.1, 0.15) is 41.6 Å². The number of amides is 2. The second-order valence-corrected chi connectivity index (χ2v) is 10.3. The molecule has 8 nitrogen and oxygen atoms in total. The lowest BCUT2D eigenvalue weighted by Crippen LogP contribution is -2.43. The van der Waals surface area contributed by atoms with Gasteiger partial charge >= 0.3 is 0 Å². The Labute approximate surface area is 193 Å². The van der Waals surface area contributed by atoms with Crippen LogP contribution >= 0.6 is 0 Å². The van der Waals surface area contributed by atoms with Crippen LogP contribution in [0.5, 0.6) is 0 Å². The van der Waals surface area contributed by atoms with Crippen LogP contribution in [0, 0.1) is 5.92 Å². The lowest BCUT2D eigenvalue weighted by molar-refractivity contribution is -0.121. The van der Waals surface area contributed by atoms with Gasteiger partial charge in [-0.3, -0.25) is 9.59 Å². The number of carbonyl (C=O) groups is 2. The number of anilines is 1. The van der Waals surface area contributed by atoms with Gasteiger partial charge in [0, 0.05) is 43.0 Å². The number of nitrogens with zero attached hydrogens (tertiary/aromatic N) is 3. The van der Waals surface area contributed by atoms with E-state index in [4.69, 9.17) is 0 Å². The molecule has 0 bridgehead atoms. The van der Waals surface area contributed by atoms with Gasteiger partial charge in [-0.15, -0.1) is 4.40 Å². The zero-order chi connectivity index (χ0) is 23.0. The van der Waals surface area contributed by atoms with E-state index in [0.29, 0.717) is 42.2 Å². The Kier molecular flexibility index (Phi) is 5.65. The molecular weight excluding hydrogens is 440 g/mol. The van der Waals surface area contributed by atoms with Crippen molar-refractivity contribution in [3.05, 3.63) is 59.7 Å². The maximum absolute atomic E-state index is 13.0. The Bertz CT molecular complexity index is 1230. The first kappa shape index (κ1) is 21.6.